The minimum atomic E-state index is -0.378. The van der Waals surface area contributed by atoms with E-state index >= 15 is 0 Å². The van der Waals surface area contributed by atoms with Crippen LogP contribution in [0.25, 0.3) is 0 Å². The smallest absolute Gasteiger partial charge is 0.410 e. The Bertz CT molecular complexity index is 250. The van der Waals surface area contributed by atoms with Crippen molar-refractivity contribution in [2.45, 2.75) is 13.0 Å². The van der Waals surface area contributed by atoms with Gasteiger partial charge in [0.1, 0.15) is 6.04 Å². The number of halogens is 1. The van der Waals surface area contributed by atoms with E-state index < -0.39 is 0 Å². The van der Waals surface area contributed by atoms with E-state index in [1.165, 1.54) is 4.90 Å². The summed E-state index contributed by atoms with van der Waals surface area (Å²) in [5, 5.41) is 0.286. The van der Waals surface area contributed by atoms with E-state index in [1.807, 2.05) is 0 Å². The van der Waals surface area contributed by atoms with Gasteiger partial charge in [0.05, 0.1) is 11.9 Å². The second kappa shape index (κ2) is 6.37. The second-order valence-corrected chi connectivity index (χ2v) is 4.79. The third kappa shape index (κ3) is 3.38. The number of amides is 1. The van der Waals surface area contributed by atoms with Crippen molar-refractivity contribution >= 4 is 39.6 Å². The van der Waals surface area contributed by atoms with E-state index in [0.29, 0.717) is 18.9 Å². The van der Waals surface area contributed by atoms with Crippen LogP contribution in [0.5, 0.6) is 0 Å². The normalized spacial score (nSPS) is 21.2. The van der Waals surface area contributed by atoms with Crippen molar-refractivity contribution in [1.29, 1.82) is 0 Å². The summed E-state index contributed by atoms with van der Waals surface area (Å²) in [7, 11) is 0. The molecule has 0 spiro atoms. The zero-order chi connectivity index (χ0) is 11.3. The quantitative estimate of drug-likeness (QED) is 0.741. The highest BCUT2D eigenvalue weighted by molar-refractivity contribution is 9.09. The maximum Gasteiger partial charge on any atom is 0.410 e. The summed E-state index contributed by atoms with van der Waals surface area (Å²) in [6, 6.07) is -0.331. The topological polar surface area (TPSA) is 46.6 Å². The summed E-state index contributed by atoms with van der Waals surface area (Å²) < 4.78 is 4.92. The van der Waals surface area contributed by atoms with Gasteiger partial charge in [0, 0.05) is 18.1 Å². The molecule has 0 bridgehead atoms. The number of hydrogen-bond donors (Lipinski definition) is 0. The third-order valence-electron chi connectivity index (χ3n) is 2.13. The van der Waals surface area contributed by atoms with Crippen LogP contribution in [-0.4, -0.2) is 52.8 Å². The Labute approximate surface area is 102 Å². The van der Waals surface area contributed by atoms with Crippen LogP contribution in [0.4, 0.5) is 4.79 Å². The van der Waals surface area contributed by atoms with Gasteiger partial charge in [-0.3, -0.25) is 9.69 Å². The molecule has 1 saturated heterocycles. The highest BCUT2D eigenvalue weighted by Gasteiger charge is 2.32. The lowest BCUT2D eigenvalue weighted by Gasteiger charge is -2.33. The lowest BCUT2D eigenvalue weighted by atomic mass is 10.2. The van der Waals surface area contributed by atoms with Crippen LogP contribution in [0.3, 0.4) is 0 Å². The highest BCUT2D eigenvalue weighted by Crippen LogP contribution is 2.18. The summed E-state index contributed by atoms with van der Waals surface area (Å²) in [4.78, 5) is 24.7. The number of hydrogen-bond acceptors (Lipinski definition) is 4. The van der Waals surface area contributed by atoms with Crippen LogP contribution in [0.2, 0.25) is 0 Å². The van der Waals surface area contributed by atoms with Gasteiger partial charge in [-0.1, -0.05) is 15.9 Å². The molecule has 0 aromatic heterocycles. The molecule has 1 rings (SSSR count). The van der Waals surface area contributed by atoms with Crippen molar-refractivity contribution in [2.24, 2.45) is 0 Å². The van der Waals surface area contributed by atoms with Gasteiger partial charge in [-0.25, -0.2) is 4.79 Å². The summed E-state index contributed by atoms with van der Waals surface area (Å²) in [5.41, 5.74) is 0. The SMILES string of the molecule is CCOC(=O)N1CCSCC1C(=O)CBr. The molecule has 1 aliphatic heterocycles. The molecule has 15 heavy (non-hydrogen) atoms. The van der Waals surface area contributed by atoms with Crippen LogP contribution in [-0.2, 0) is 9.53 Å². The molecule has 4 nitrogen and oxygen atoms in total. The molecule has 1 fully saturated rings. The molecule has 0 radical (unpaired) electrons. The Kier molecular flexibility index (Phi) is 5.45. The van der Waals surface area contributed by atoms with Crippen LogP contribution in [0.1, 0.15) is 6.92 Å². The van der Waals surface area contributed by atoms with Crippen molar-refractivity contribution in [2.75, 3.05) is 30.0 Å². The molecular formula is C9H14BrNO3S. The van der Waals surface area contributed by atoms with Crippen molar-refractivity contribution in [1.82, 2.24) is 4.90 Å². The molecule has 1 heterocycles. The number of nitrogens with zero attached hydrogens (tertiary/aromatic N) is 1. The molecule has 0 N–H and O–H groups in total. The fourth-order valence-electron chi connectivity index (χ4n) is 1.38. The van der Waals surface area contributed by atoms with Crippen LogP contribution < -0.4 is 0 Å². The maximum absolute atomic E-state index is 11.6. The number of ether oxygens (including phenoxy) is 1. The number of thioether (sulfide) groups is 1. The van der Waals surface area contributed by atoms with Crippen LogP contribution >= 0.6 is 27.7 Å². The molecule has 0 saturated carbocycles. The van der Waals surface area contributed by atoms with Crippen LogP contribution in [0, 0.1) is 0 Å². The summed E-state index contributed by atoms with van der Waals surface area (Å²) in [6.07, 6.45) is -0.378. The van der Waals surface area contributed by atoms with Gasteiger partial charge in [0.25, 0.3) is 0 Å². The van der Waals surface area contributed by atoms with Gasteiger partial charge >= 0.3 is 6.09 Å². The van der Waals surface area contributed by atoms with Crippen molar-refractivity contribution in [3.63, 3.8) is 0 Å². The number of carbonyl (C=O) groups excluding carboxylic acids is 2. The first-order valence-corrected chi connectivity index (χ1v) is 7.08. The second-order valence-electron chi connectivity index (χ2n) is 3.08. The first-order chi connectivity index (χ1) is 7.20. The number of alkyl halides is 1. The van der Waals surface area contributed by atoms with E-state index in [4.69, 9.17) is 4.74 Å². The predicted octanol–water partition coefficient (Wildman–Crippen LogP) is 1.52. The molecule has 1 amide bonds. The molecule has 86 valence electrons. The molecule has 0 aromatic rings. The Morgan fingerprint density at radius 3 is 2.93 bits per heavy atom. The first-order valence-electron chi connectivity index (χ1n) is 4.80. The molecular weight excluding hydrogens is 282 g/mol. The number of rotatable bonds is 3. The average Bonchev–Trinajstić information content (AvgIpc) is 2.28. The first kappa shape index (κ1) is 12.8. The lowest BCUT2D eigenvalue weighted by Crippen LogP contribution is -2.50. The van der Waals surface area contributed by atoms with Gasteiger partial charge in [-0.2, -0.15) is 11.8 Å². The highest BCUT2D eigenvalue weighted by atomic mass is 79.9. The van der Waals surface area contributed by atoms with E-state index in [0.717, 1.165) is 5.75 Å². The summed E-state index contributed by atoms with van der Waals surface area (Å²) in [5.74, 6) is 1.57. The molecule has 1 unspecified atom stereocenters. The van der Waals surface area contributed by atoms with Crippen molar-refractivity contribution < 1.29 is 14.3 Å². The Balaban J connectivity index is 2.65. The monoisotopic (exact) mass is 295 g/mol. The van der Waals surface area contributed by atoms with Gasteiger partial charge in [-0.05, 0) is 6.92 Å². The minimum absolute atomic E-state index is 0.0373. The molecule has 6 heteroatoms. The third-order valence-corrected chi connectivity index (χ3v) is 3.71. The fraction of sp³-hybridized carbons (Fsp3) is 0.778. The summed E-state index contributed by atoms with van der Waals surface area (Å²) in [6.45, 7) is 2.70. The standard InChI is InChI=1S/C9H14BrNO3S/c1-2-14-9(13)11-3-4-15-6-7(11)8(12)5-10/h7H,2-6H2,1H3. The van der Waals surface area contributed by atoms with Gasteiger partial charge in [0.2, 0.25) is 0 Å². The number of Topliss-reactive ketones (excluding diaryl/α,β-unsaturated/α-hetero) is 1. The molecule has 0 aliphatic carbocycles. The average molecular weight is 296 g/mol. The number of ketones is 1. The largest absolute Gasteiger partial charge is 0.450 e. The zero-order valence-corrected chi connectivity index (χ0v) is 11.0. The zero-order valence-electron chi connectivity index (χ0n) is 8.57. The van der Waals surface area contributed by atoms with E-state index in [2.05, 4.69) is 15.9 Å². The molecule has 1 aliphatic rings. The van der Waals surface area contributed by atoms with Gasteiger partial charge in [-0.15, -0.1) is 0 Å². The Hall–Kier alpha value is -0.230. The lowest BCUT2D eigenvalue weighted by molar-refractivity contribution is -0.120. The maximum atomic E-state index is 11.6. The van der Waals surface area contributed by atoms with Crippen molar-refractivity contribution in [3.8, 4) is 0 Å². The van der Waals surface area contributed by atoms with Gasteiger partial charge in [0.15, 0.2) is 5.78 Å². The van der Waals surface area contributed by atoms with Gasteiger partial charge < -0.3 is 4.74 Å². The number of carbonyl (C=O) groups is 2. The van der Waals surface area contributed by atoms with Crippen molar-refractivity contribution in [3.05, 3.63) is 0 Å². The summed E-state index contributed by atoms with van der Waals surface area (Å²) >= 11 is 4.82. The van der Waals surface area contributed by atoms with E-state index in [1.54, 1.807) is 18.7 Å². The predicted molar refractivity (Wildman–Crippen MR) is 63.6 cm³/mol. The Morgan fingerprint density at radius 2 is 2.33 bits per heavy atom. The molecule has 1 atom stereocenters. The van der Waals surface area contributed by atoms with E-state index in [-0.39, 0.29) is 23.2 Å². The van der Waals surface area contributed by atoms with Crippen LogP contribution in [0.15, 0.2) is 0 Å². The molecule has 0 aromatic carbocycles. The fourth-order valence-corrected chi connectivity index (χ4v) is 2.84. The minimum Gasteiger partial charge on any atom is -0.450 e. The Morgan fingerprint density at radius 1 is 1.60 bits per heavy atom. The van der Waals surface area contributed by atoms with E-state index in [9.17, 15) is 9.59 Å².